The van der Waals surface area contributed by atoms with Crippen molar-refractivity contribution in [3.63, 3.8) is 0 Å². The normalized spacial score (nSPS) is 11.1. The van der Waals surface area contributed by atoms with E-state index in [0.29, 0.717) is 16.4 Å². The molecule has 0 amide bonds. The number of halogens is 2. The van der Waals surface area contributed by atoms with Gasteiger partial charge in [0.2, 0.25) is 0 Å². The number of pyridine rings is 1. The van der Waals surface area contributed by atoms with E-state index in [4.69, 9.17) is 11.6 Å². The number of rotatable bonds is 1. The summed E-state index contributed by atoms with van der Waals surface area (Å²) in [5.41, 5.74) is 2.08. The third-order valence-electron chi connectivity index (χ3n) is 2.86. The molecule has 0 bridgehead atoms. The molecule has 0 unspecified atom stereocenters. The van der Waals surface area contributed by atoms with E-state index in [0.717, 1.165) is 11.0 Å². The molecule has 0 radical (unpaired) electrons. The van der Waals surface area contributed by atoms with Gasteiger partial charge in [-0.25, -0.2) is 9.37 Å². The summed E-state index contributed by atoms with van der Waals surface area (Å²) >= 11 is 5.75. The van der Waals surface area contributed by atoms with Crippen molar-refractivity contribution in [3.8, 4) is 11.4 Å². The second-order valence-corrected chi connectivity index (χ2v) is 4.42. The Kier molecular flexibility index (Phi) is 2.52. The van der Waals surface area contributed by atoms with Crippen molar-refractivity contribution in [2.24, 2.45) is 7.05 Å². The summed E-state index contributed by atoms with van der Waals surface area (Å²) in [5.74, 6) is 0.182. The molecule has 90 valence electrons. The molecule has 0 fully saturated rings. The third kappa shape index (κ3) is 1.66. The van der Waals surface area contributed by atoms with Gasteiger partial charge >= 0.3 is 0 Å². The smallest absolute Gasteiger partial charge is 0.143 e. The molecule has 3 aromatic rings. The number of nitrogens with zero attached hydrogens (tertiary/aromatic N) is 3. The van der Waals surface area contributed by atoms with Gasteiger partial charge in [-0.3, -0.25) is 4.98 Å². The zero-order chi connectivity index (χ0) is 12.7. The number of imidazole rings is 1. The number of fused-ring (bicyclic) bond motifs is 1. The van der Waals surface area contributed by atoms with Crippen molar-refractivity contribution in [1.29, 1.82) is 0 Å². The largest absolute Gasteiger partial charge is 0.326 e. The molecule has 2 aromatic heterocycles. The van der Waals surface area contributed by atoms with Gasteiger partial charge in [0.05, 0.1) is 22.8 Å². The van der Waals surface area contributed by atoms with E-state index < -0.39 is 0 Å². The molecule has 0 spiro atoms. The first-order valence-corrected chi connectivity index (χ1v) is 5.76. The van der Waals surface area contributed by atoms with E-state index in [2.05, 4.69) is 9.97 Å². The lowest BCUT2D eigenvalue weighted by molar-refractivity contribution is 0.629. The maximum Gasteiger partial charge on any atom is 0.143 e. The minimum Gasteiger partial charge on any atom is -0.326 e. The van der Waals surface area contributed by atoms with Crippen molar-refractivity contribution in [2.75, 3.05) is 0 Å². The molecule has 0 aliphatic heterocycles. The Bertz CT molecular complexity index is 736. The van der Waals surface area contributed by atoms with Crippen molar-refractivity contribution < 1.29 is 4.39 Å². The van der Waals surface area contributed by atoms with E-state index in [9.17, 15) is 4.39 Å². The lowest BCUT2D eigenvalue weighted by Crippen LogP contribution is -1.95. The van der Waals surface area contributed by atoms with Crippen LogP contribution in [0.5, 0.6) is 0 Å². The van der Waals surface area contributed by atoms with Crippen LogP contribution < -0.4 is 0 Å². The number of benzene rings is 1. The fourth-order valence-electron chi connectivity index (χ4n) is 1.95. The maximum atomic E-state index is 13.9. The third-order valence-corrected chi connectivity index (χ3v) is 3.09. The molecule has 3 nitrogen and oxygen atoms in total. The summed E-state index contributed by atoms with van der Waals surface area (Å²) in [5, 5.41) is 0.372. The van der Waals surface area contributed by atoms with Crippen LogP contribution in [0.15, 0.2) is 36.7 Å². The maximum absolute atomic E-state index is 13.9. The number of aryl methyl sites for hydroxylation is 1. The highest BCUT2D eigenvalue weighted by Crippen LogP contribution is 2.27. The number of hydrogen-bond donors (Lipinski definition) is 0. The Morgan fingerprint density at radius 1 is 1.28 bits per heavy atom. The Hall–Kier alpha value is -1.94. The van der Waals surface area contributed by atoms with Crippen LogP contribution in [0.25, 0.3) is 22.4 Å². The lowest BCUT2D eigenvalue weighted by atomic mass is 10.2. The van der Waals surface area contributed by atoms with Gasteiger partial charge in [-0.2, -0.15) is 0 Å². The van der Waals surface area contributed by atoms with Crippen molar-refractivity contribution >= 4 is 22.6 Å². The highest BCUT2D eigenvalue weighted by atomic mass is 35.5. The molecule has 18 heavy (non-hydrogen) atoms. The first-order valence-electron chi connectivity index (χ1n) is 5.38. The SMILES string of the molecule is Cn1c(-c2ccc(Cl)cc2F)nc2ccncc21. The summed E-state index contributed by atoms with van der Waals surface area (Å²) in [7, 11) is 1.83. The van der Waals surface area contributed by atoms with E-state index in [-0.39, 0.29) is 5.82 Å². The van der Waals surface area contributed by atoms with Crippen LogP contribution in [0.2, 0.25) is 5.02 Å². The standard InChI is InChI=1S/C13H9ClFN3/c1-18-12-7-16-5-4-11(12)17-13(18)9-3-2-8(14)6-10(9)15/h2-7H,1H3. The predicted molar refractivity (Wildman–Crippen MR) is 68.9 cm³/mol. The van der Waals surface area contributed by atoms with E-state index in [1.807, 2.05) is 11.6 Å². The van der Waals surface area contributed by atoms with Gasteiger partial charge in [0.15, 0.2) is 0 Å². The molecule has 0 saturated heterocycles. The Morgan fingerprint density at radius 2 is 2.11 bits per heavy atom. The molecule has 5 heteroatoms. The van der Waals surface area contributed by atoms with E-state index in [1.165, 1.54) is 6.07 Å². The van der Waals surface area contributed by atoms with Gasteiger partial charge in [-0.15, -0.1) is 0 Å². The monoisotopic (exact) mass is 261 g/mol. The van der Waals surface area contributed by atoms with Gasteiger partial charge in [0.1, 0.15) is 11.6 Å². The fourth-order valence-corrected chi connectivity index (χ4v) is 2.11. The topological polar surface area (TPSA) is 30.7 Å². The zero-order valence-corrected chi connectivity index (χ0v) is 10.3. The lowest BCUT2D eigenvalue weighted by Gasteiger charge is -2.04. The summed E-state index contributed by atoms with van der Waals surface area (Å²) in [6.45, 7) is 0. The molecule has 3 rings (SSSR count). The average Bonchev–Trinajstić information content (AvgIpc) is 2.68. The van der Waals surface area contributed by atoms with Crippen molar-refractivity contribution in [2.45, 2.75) is 0 Å². The van der Waals surface area contributed by atoms with Gasteiger partial charge in [-0.1, -0.05) is 11.6 Å². The molecule has 0 N–H and O–H groups in total. The fraction of sp³-hybridized carbons (Fsp3) is 0.0769. The molecule has 0 atom stereocenters. The molecule has 0 aliphatic carbocycles. The zero-order valence-electron chi connectivity index (χ0n) is 9.56. The molecule has 1 aromatic carbocycles. The van der Waals surface area contributed by atoms with Crippen LogP contribution in [-0.4, -0.2) is 14.5 Å². The first-order chi connectivity index (χ1) is 8.66. The summed E-state index contributed by atoms with van der Waals surface area (Å²) < 4.78 is 15.7. The van der Waals surface area contributed by atoms with Crippen molar-refractivity contribution in [3.05, 3.63) is 47.5 Å². The Balaban J connectivity index is 2.28. The van der Waals surface area contributed by atoms with Crippen LogP contribution in [0.1, 0.15) is 0 Å². The molecular weight excluding hydrogens is 253 g/mol. The Morgan fingerprint density at radius 3 is 2.83 bits per heavy atom. The summed E-state index contributed by atoms with van der Waals surface area (Å²) in [4.78, 5) is 8.45. The van der Waals surface area contributed by atoms with Gasteiger partial charge in [-0.05, 0) is 24.3 Å². The first kappa shape index (κ1) is 11.2. The second-order valence-electron chi connectivity index (χ2n) is 3.98. The number of aromatic nitrogens is 3. The van der Waals surface area contributed by atoms with Gasteiger partial charge in [0, 0.05) is 18.3 Å². The summed E-state index contributed by atoms with van der Waals surface area (Å²) in [6, 6.07) is 6.37. The van der Waals surface area contributed by atoms with Gasteiger partial charge < -0.3 is 4.57 Å². The van der Waals surface area contributed by atoms with E-state index in [1.54, 1.807) is 30.6 Å². The predicted octanol–water partition coefficient (Wildman–Crippen LogP) is 3.43. The highest BCUT2D eigenvalue weighted by Gasteiger charge is 2.13. The number of hydrogen-bond acceptors (Lipinski definition) is 2. The van der Waals surface area contributed by atoms with Crippen LogP contribution in [-0.2, 0) is 7.05 Å². The molecule has 0 aliphatic rings. The average molecular weight is 262 g/mol. The molecule has 2 heterocycles. The summed E-state index contributed by atoms with van der Waals surface area (Å²) in [6.07, 6.45) is 3.37. The highest BCUT2D eigenvalue weighted by molar-refractivity contribution is 6.30. The Labute approximate surface area is 108 Å². The van der Waals surface area contributed by atoms with Crippen molar-refractivity contribution in [1.82, 2.24) is 14.5 Å². The van der Waals surface area contributed by atoms with Crippen LogP contribution in [0.3, 0.4) is 0 Å². The second kappa shape index (κ2) is 4.07. The molecular formula is C13H9ClFN3. The van der Waals surface area contributed by atoms with Gasteiger partial charge in [0.25, 0.3) is 0 Å². The van der Waals surface area contributed by atoms with Crippen LogP contribution in [0.4, 0.5) is 4.39 Å². The van der Waals surface area contributed by atoms with Crippen LogP contribution >= 0.6 is 11.6 Å². The minimum atomic E-state index is -0.381. The molecule has 0 saturated carbocycles. The van der Waals surface area contributed by atoms with E-state index >= 15 is 0 Å². The minimum absolute atomic E-state index is 0.372. The quantitative estimate of drug-likeness (QED) is 0.672. The van der Waals surface area contributed by atoms with Crippen LogP contribution in [0, 0.1) is 5.82 Å².